The zero-order valence-electron chi connectivity index (χ0n) is 16.6. The molecular formula is C21H24N4O2S2. The molecule has 3 rings (SSSR count). The highest BCUT2D eigenvalue weighted by Gasteiger charge is 2.32. The first-order valence-electron chi connectivity index (χ1n) is 9.60. The van der Waals surface area contributed by atoms with Gasteiger partial charge < -0.3 is 5.32 Å². The number of fused-ring (bicyclic) bond motifs is 1. The molecule has 2 aromatic heterocycles. The molecule has 29 heavy (non-hydrogen) atoms. The molecule has 8 heteroatoms. The molecule has 0 aliphatic carbocycles. The molecule has 0 spiro atoms. The fourth-order valence-corrected chi connectivity index (χ4v) is 4.38. The smallest absolute Gasteiger partial charge is 0.267 e. The van der Waals surface area contributed by atoms with Gasteiger partial charge in [0.2, 0.25) is 0 Å². The first-order valence-corrected chi connectivity index (χ1v) is 10.8. The summed E-state index contributed by atoms with van der Waals surface area (Å²) in [7, 11) is 0. The molecule has 2 aromatic rings. The van der Waals surface area contributed by atoms with Crippen molar-refractivity contribution in [1.29, 1.82) is 0 Å². The van der Waals surface area contributed by atoms with Crippen molar-refractivity contribution in [3.05, 3.63) is 57.4 Å². The Bertz CT molecular complexity index is 1060. The number of anilines is 1. The third kappa shape index (κ3) is 4.43. The van der Waals surface area contributed by atoms with Gasteiger partial charge in [0, 0.05) is 19.3 Å². The largest absolute Gasteiger partial charge is 0.366 e. The van der Waals surface area contributed by atoms with Crippen LogP contribution in [0, 0.1) is 6.92 Å². The van der Waals surface area contributed by atoms with E-state index in [0.717, 1.165) is 24.8 Å². The van der Waals surface area contributed by atoms with E-state index in [-0.39, 0.29) is 11.5 Å². The third-order valence-corrected chi connectivity index (χ3v) is 6.01. The topological polar surface area (TPSA) is 66.7 Å². The second-order valence-electron chi connectivity index (χ2n) is 6.77. The van der Waals surface area contributed by atoms with Crippen LogP contribution in [0.1, 0.15) is 37.3 Å². The number of aromatic nitrogens is 2. The molecule has 1 aliphatic rings. The Hall–Kier alpha value is -2.45. The van der Waals surface area contributed by atoms with E-state index in [1.165, 1.54) is 16.2 Å². The molecule has 1 fully saturated rings. The molecule has 0 unspecified atom stereocenters. The fraction of sp³-hybridized carbons (Fsp3) is 0.333. The van der Waals surface area contributed by atoms with Gasteiger partial charge in [-0.3, -0.25) is 18.9 Å². The Morgan fingerprint density at radius 1 is 1.34 bits per heavy atom. The minimum absolute atomic E-state index is 0.153. The Kier molecular flexibility index (Phi) is 6.87. The van der Waals surface area contributed by atoms with Crippen molar-refractivity contribution in [2.24, 2.45) is 0 Å². The lowest BCUT2D eigenvalue weighted by molar-refractivity contribution is -0.122. The molecule has 0 radical (unpaired) electrons. The fourth-order valence-electron chi connectivity index (χ4n) is 3.09. The lowest BCUT2D eigenvalue weighted by Crippen LogP contribution is -2.29. The number of thiocarbonyl (C=S) groups is 1. The van der Waals surface area contributed by atoms with E-state index in [0.29, 0.717) is 39.3 Å². The summed E-state index contributed by atoms with van der Waals surface area (Å²) in [6, 6.07) is 3.71. The first kappa shape index (κ1) is 21.3. The quantitative estimate of drug-likeness (QED) is 0.297. The van der Waals surface area contributed by atoms with Gasteiger partial charge in [-0.2, -0.15) is 0 Å². The van der Waals surface area contributed by atoms with Gasteiger partial charge >= 0.3 is 0 Å². The van der Waals surface area contributed by atoms with Crippen LogP contribution in [0.2, 0.25) is 0 Å². The third-order valence-electron chi connectivity index (χ3n) is 4.63. The van der Waals surface area contributed by atoms with Gasteiger partial charge in [0.25, 0.3) is 11.5 Å². The molecule has 152 valence electrons. The summed E-state index contributed by atoms with van der Waals surface area (Å²) >= 11 is 6.62. The minimum Gasteiger partial charge on any atom is -0.366 e. The van der Waals surface area contributed by atoms with Crippen LogP contribution in [0.15, 0.2) is 40.7 Å². The average Bonchev–Trinajstić information content (AvgIpc) is 2.97. The first-order chi connectivity index (χ1) is 14.0. The summed E-state index contributed by atoms with van der Waals surface area (Å²) in [6.45, 7) is 8.78. The van der Waals surface area contributed by atoms with E-state index in [1.54, 1.807) is 29.3 Å². The van der Waals surface area contributed by atoms with Gasteiger partial charge in [0.05, 0.1) is 10.5 Å². The zero-order valence-corrected chi connectivity index (χ0v) is 18.2. The lowest BCUT2D eigenvalue weighted by atomic mass is 10.2. The van der Waals surface area contributed by atoms with Crippen LogP contribution in [0.25, 0.3) is 11.7 Å². The van der Waals surface area contributed by atoms with Crippen molar-refractivity contribution in [3.63, 3.8) is 0 Å². The summed E-state index contributed by atoms with van der Waals surface area (Å²) in [4.78, 5) is 32.7. The van der Waals surface area contributed by atoms with E-state index in [2.05, 4.69) is 23.8 Å². The van der Waals surface area contributed by atoms with Gasteiger partial charge in [-0.15, -0.1) is 6.58 Å². The molecule has 0 saturated carbocycles. The van der Waals surface area contributed by atoms with Crippen LogP contribution < -0.4 is 10.9 Å². The SMILES string of the molecule is C=CCNc1nc2c(C)cccn2c(=O)c1C=C1SC(=S)N(CCCCC)C1=O. The molecule has 0 atom stereocenters. The number of pyridine rings is 1. The number of nitrogens with one attached hydrogen (secondary N) is 1. The van der Waals surface area contributed by atoms with E-state index in [9.17, 15) is 9.59 Å². The maximum Gasteiger partial charge on any atom is 0.267 e. The Labute approximate surface area is 179 Å². The molecule has 1 N–H and O–H groups in total. The number of amides is 1. The van der Waals surface area contributed by atoms with Crippen molar-refractivity contribution in [3.8, 4) is 0 Å². The molecule has 3 heterocycles. The van der Waals surface area contributed by atoms with Crippen molar-refractivity contribution in [1.82, 2.24) is 14.3 Å². The van der Waals surface area contributed by atoms with E-state index < -0.39 is 0 Å². The van der Waals surface area contributed by atoms with Gasteiger partial charge in [-0.1, -0.05) is 55.9 Å². The maximum atomic E-state index is 13.2. The van der Waals surface area contributed by atoms with Crippen LogP contribution in [0.4, 0.5) is 5.82 Å². The second-order valence-corrected chi connectivity index (χ2v) is 8.45. The number of hydrogen-bond donors (Lipinski definition) is 1. The highest BCUT2D eigenvalue weighted by molar-refractivity contribution is 8.26. The van der Waals surface area contributed by atoms with Crippen molar-refractivity contribution in [2.45, 2.75) is 33.1 Å². The monoisotopic (exact) mass is 428 g/mol. The van der Waals surface area contributed by atoms with Gasteiger partial charge in [-0.25, -0.2) is 4.98 Å². The lowest BCUT2D eigenvalue weighted by Gasteiger charge is -2.13. The van der Waals surface area contributed by atoms with Crippen LogP contribution >= 0.6 is 24.0 Å². The molecule has 6 nitrogen and oxygen atoms in total. The summed E-state index contributed by atoms with van der Waals surface area (Å²) in [5.74, 6) is 0.278. The van der Waals surface area contributed by atoms with E-state index in [1.807, 2.05) is 13.0 Å². The van der Waals surface area contributed by atoms with Crippen LogP contribution in [-0.2, 0) is 4.79 Å². The number of thioether (sulfide) groups is 1. The standard InChI is InChI=1S/C21H24N4O2S2/c1-4-6-7-11-25-20(27)16(29-21(25)28)13-15-17(22-10-5-2)23-18-14(3)9-8-12-24(18)19(15)26/h5,8-9,12-13,22H,2,4,6-7,10-11H2,1,3H3. The average molecular weight is 429 g/mol. The normalized spacial score (nSPS) is 15.5. The Balaban J connectivity index is 2.05. The van der Waals surface area contributed by atoms with Crippen LogP contribution in [0.5, 0.6) is 0 Å². The minimum atomic E-state index is -0.235. The van der Waals surface area contributed by atoms with Crippen LogP contribution in [-0.4, -0.2) is 37.6 Å². The van der Waals surface area contributed by atoms with Gasteiger partial charge in [-0.05, 0) is 31.1 Å². The Morgan fingerprint density at radius 2 is 2.14 bits per heavy atom. The second kappa shape index (κ2) is 9.37. The number of aryl methyl sites for hydroxylation is 1. The number of carbonyl (C=O) groups is 1. The number of unbranched alkanes of at least 4 members (excludes halogenated alkanes) is 2. The molecule has 1 saturated heterocycles. The van der Waals surface area contributed by atoms with E-state index in [4.69, 9.17) is 12.2 Å². The van der Waals surface area contributed by atoms with Crippen molar-refractivity contribution in [2.75, 3.05) is 18.4 Å². The predicted octanol–water partition coefficient (Wildman–Crippen LogP) is 3.99. The molecule has 1 aliphatic heterocycles. The molecule has 0 aromatic carbocycles. The Morgan fingerprint density at radius 3 is 2.86 bits per heavy atom. The number of nitrogens with zero attached hydrogens (tertiary/aromatic N) is 3. The van der Waals surface area contributed by atoms with Gasteiger partial charge in [0.1, 0.15) is 15.8 Å². The maximum absolute atomic E-state index is 13.2. The number of rotatable bonds is 8. The van der Waals surface area contributed by atoms with E-state index >= 15 is 0 Å². The summed E-state index contributed by atoms with van der Waals surface area (Å²) in [5.41, 5.74) is 1.57. The summed E-state index contributed by atoms with van der Waals surface area (Å²) < 4.78 is 2.03. The van der Waals surface area contributed by atoms with Crippen LogP contribution in [0.3, 0.4) is 0 Å². The predicted molar refractivity (Wildman–Crippen MR) is 124 cm³/mol. The molecule has 0 bridgehead atoms. The summed E-state index contributed by atoms with van der Waals surface area (Å²) in [5, 5.41) is 3.12. The highest BCUT2D eigenvalue weighted by atomic mass is 32.2. The van der Waals surface area contributed by atoms with Gasteiger partial charge in [0.15, 0.2) is 0 Å². The summed E-state index contributed by atoms with van der Waals surface area (Å²) in [6.07, 6.45) is 8.00. The molecule has 1 amide bonds. The van der Waals surface area contributed by atoms with Crippen molar-refractivity contribution < 1.29 is 4.79 Å². The van der Waals surface area contributed by atoms with Crippen molar-refractivity contribution >= 4 is 51.7 Å². The number of hydrogen-bond acceptors (Lipinski definition) is 6. The number of carbonyl (C=O) groups excluding carboxylic acids is 1. The molecular weight excluding hydrogens is 404 g/mol. The zero-order chi connectivity index (χ0) is 21.0. The highest BCUT2D eigenvalue weighted by Crippen LogP contribution is 2.33.